The van der Waals surface area contributed by atoms with Crippen LogP contribution >= 0.6 is 0 Å². The lowest BCUT2D eigenvalue weighted by Gasteiger charge is -2.43. The molecule has 1 aromatic rings. The van der Waals surface area contributed by atoms with Gasteiger partial charge in [0.25, 0.3) is 0 Å². The summed E-state index contributed by atoms with van der Waals surface area (Å²) < 4.78 is 0. The summed E-state index contributed by atoms with van der Waals surface area (Å²) in [6, 6.07) is 10.7. The Morgan fingerprint density at radius 2 is 1.90 bits per heavy atom. The highest BCUT2D eigenvalue weighted by molar-refractivity contribution is 5.71. The van der Waals surface area contributed by atoms with Crippen molar-refractivity contribution in [2.45, 2.75) is 50.6 Å². The number of benzene rings is 1. The third kappa shape index (κ3) is 2.50. The first-order valence-electron chi connectivity index (χ1n) is 8.59. The second-order valence-electron chi connectivity index (χ2n) is 6.96. The molecule has 0 aliphatic carbocycles. The van der Waals surface area contributed by atoms with Gasteiger partial charge in [-0.1, -0.05) is 24.6 Å². The van der Waals surface area contributed by atoms with Crippen molar-refractivity contribution < 1.29 is 0 Å². The minimum atomic E-state index is 0.669. The number of piperidine rings is 1. The van der Waals surface area contributed by atoms with E-state index in [2.05, 4.69) is 47.2 Å². The Hall–Kier alpha value is -1.28. The Morgan fingerprint density at radius 1 is 1.05 bits per heavy atom. The molecule has 0 spiro atoms. The maximum Gasteiger partial charge on any atom is 0.0372 e. The van der Waals surface area contributed by atoms with Crippen LogP contribution in [0.2, 0.25) is 0 Å². The normalized spacial score (nSPS) is 29.6. The maximum atomic E-state index is 2.59. The molecule has 2 atom stereocenters. The van der Waals surface area contributed by atoms with E-state index in [-0.39, 0.29) is 0 Å². The Labute approximate surface area is 128 Å². The molecule has 0 aromatic heterocycles. The third-order valence-electron chi connectivity index (χ3n) is 5.67. The molecular weight excluding hydrogens is 256 g/mol. The second kappa shape index (κ2) is 5.49. The van der Waals surface area contributed by atoms with Crippen molar-refractivity contribution in [1.29, 1.82) is 0 Å². The smallest absolute Gasteiger partial charge is 0.0372 e. The summed E-state index contributed by atoms with van der Waals surface area (Å²) in [4.78, 5) is 5.14. The summed E-state index contributed by atoms with van der Waals surface area (Å²) in [6.07, 6.45) is 10.6. The van der Waals surface area contributed by atoms with Crippen molar-refractivity contribution in [1.82, 2.24) is 4.90 Å². The fourth-order valence-electron chi connectivity index (χ4n) is 4.33. The van der Waals surface area contributed by atoms with Crippen LogP contribution in [-0.2, 0) is 0 Å². The van der Waals surface area contributed by atoms with Gasteiger partial charge in [-0.05, 0) is 62.4 Å². The summed E-state index contributed by atoms with van der Waals surface area (Å²) in [5, 5.41) is 0. The van der Waals surface area contributed by atoms with E-state index in [0.29, 0.717) is 6.04 Å². The van der Waals surface area contributed by atoms with Crippen LogP contribution in [0.1, 0.15) is 44.1 Å². The molecule has 3 heterocycles. The van der Waals surface area contributed by atoms with Crippen molar-refractivity contribution in [3.8, 4) is 0 Å². The van der Waals surface area contributed by atoms with Gasteiger partial charge in [0.2, 0.25) is 0 Å². The molecule has 2 unspecified atom stereocenters. The molecule has 2 bridgehead atoms. The van der Waals surface area contributed by atoms with Gasteiger partial charge in [0.1, 0.15) is 0 Å². The number of anilines is 1. The standard InChI is InChI=1S/C19H26N2/c1-20-17-7-5-8-18(20)14-16(13-17)15-6-4-9-19(12-15)21-10-2-3-11-21/h4,6,9,12-13,17-18H,2-3,5,7-8,10-11,14H2,1H3. The average molecular weight is 282 g/mol. The first-order valence-corrected chi connectivity index (χ1v) is 8.59. The second-order valence-corrected chi connectivity index (χ2v) is 6.96. The van der Waals surface area contributed by atoms with Gasteiger partial charge < -0.3 is 4.90 Å². The fraction of sp³-hybridized carbons (Fsp3) is 0.579. The number of fused-ring (bicyclic) bond motifs is 2. The van der Waals surface area contributed by atoms with Gasteiger partial charge in [-0.3, -0.25) is 4.90 Å². The first-order chi connectivity index (χ1) is 10.3. The quantitative estimate of drug-likeness (QED) is 0.811. The fourth-order valence-corrected chi connectivity index (χ4v) is 4.33. The van der Waals surface area contributed by atoms with Crippen molar-refractivity contribution in [3.63, 3.8) is 0 Å². The summed E-state index contributed by atoms with van der Waals surface area (Å²) in [7, 11) is 2.31. The molecule has 2 heteroatoms. The van der Waals surface area contributed by atoms with Gasteiger partial charge in [-0.15, -0.1) is 0 Å². The molecule has 2 saturated heterocycles. The van der Waals surface area contributed by atoms with E-state index in [1.807, 2.05) is 0 Å². The molecule has 0 radical (unpaired) electrons. The van der Waals surface area contributed by atoms with E-state index < -0.39 is 0 Å². The summed E-state index contributed by atoms with van der Waals surface area (Å²) in [5.74, 6) is 0. The van der Waals surface area contributed by atoms with Crippen LogP contribution in [0.4, 0.5) is 5.69 Å². The van der Waals surface area contributed by atoms with E-state index in [4.69, 9.17) is 0 Å². The molecule has 21 heavy (non-hydrogen) atoms. The molecule has 3 aliphatic heterocycles. The monoisotopic (exact) mass is 282 g/mol. The molecule has 1 aromatic carbocycles. The van der Waals surface area contributed by atoms with Gasteiger partial charge in [0, 0.05) is 30.9 Å². The van der Waals surface area contributed by atoms with Crippen molar-refractivity contribution in [3.05, 3.63) is 35.9 Å². The van der Waals surface area contributed by atoms with Gasteiger partial charge in [-0.25, -0.2) is 0 Å². The van der Waals surface area contributed by atoms with Crippen LogP contribution in [0.5, 0.6) is 0 Å². The van der Waals surface area contributed by atoms with E-state index in [1.165, 1.54) is 62.9 Å². The van der Waals surface area contributed by atoms with Crippen LogP contribution < -0.4 is 4.90 Å². The first kappa shape index (κ1) is 13.4. The Kier molecular flexibility index (Phi) is 3.50. The molecule has 3 aliphatic rings. The van der Waals surface area contributed by atoms with Crippen molar-refractivity contribution in [2.24, 2.45) is 0 Å². The molecule has 0 amide bonds. The topological polar surface area (TPSA) is 6.48 Å². The number of nitrogens with zero attached hydrogens (tertiary/aromatic N) is 2. The molecule has 2 fully saturated rings. The molecular formula is C19H26N2. The minimum absolute atomic E-state index is 0.669. The highest BCUT2D eigenvalue weighted by atomic mass is 15.2. The zero-order chi connectivity index (χ0) is 14.2. The van der Waals surface area contributed by atoms with Crippen LogP contribution in [0.15, 0.2) is 30.3 Å². The number of hydrogen-bond donors (Lipinski definition) is 0. The van der Waals surface area contributed by atoms with Gasteiger partial charge in [-0.2, -0.15) is 0 Å². The van der Waals surface area contributed by atoms with Crippen molar-refractivity contribution in [2.75, 3.05) is 25.0 Å². The zero-order valence-corrected chi connectivity index (χ0v) is 13.1. The van der Waals surface area contributed by atoms with E-state index in [0.717, 1.165) is 6.04 Å². The minimum Gasteiger partial charge on any atom is -0.372 e. The SMILES string of the molecule is CN1C2C=C(c3cccc(N4CCCC4)c3)CC1CCC2. The Morgan fingerprint density at radius 3 is 2.71 bits per heavy atom. The number of rotatable bonds is 2. The maximum absolute atomic E-state index is 2.59. The number of hydrogen-bond acceptors (Lipinski definition) is 2. The molecule has 0 saturated carbocycles. The number of likely N-dealkylation sites (N-methyl/N-ethyl adjacent to an activating group) is 1. The molecule has 112 valence electrons. The Balaban J connectivity index is 1.62. The van der Waals surface area contributed by atoms with E-state index in [9.17, 15) is 0 Å². The summed E-state index contributed by atoms with van der Waals surface area (Å²) in [5.41, 5.74) is 4.48. The van der Waals surface area contributed by atoms with Crippen LogP contribution in [0.25, 0.3) is 5.57 Å². The third-order valence-corrected chi connectivity index (χ3v) is 5.67. The predicted octanol–water partition coefficient (Wildman–Crippen LogP) is 3.93. The van der Waals surface area contributed by atoms with Gasteiger partial charge in [0.15, 0.2) is 0 Å². The highest BCUT2D eigenvalue weighted by Crippen LogP contribution is 2.37. The van der Waals surface area contributed by atoms with Gasteiger partial charge >= 0.3 is 0 Å². The lowest BCUT2D eigenvalue weighted by molar-refractivity contribution is 0.137. The van der Waals surface area contributed by atoms with Crippen LogP contribution in [-0.4, -0.2) is 37.1 Å². The zero-order valence-electron chi connectivity index (χ0n) is 13.1. The lowest BCUT2D eigenvalue weighted by atomic mass is 9.83. The average Bonchev–Trinajstić information content (AvgIpc) is 3.01. The molecule has 4 rings (SSSR count). The summed E-state index contributed by atoms with van der Waals surface area (Å²) >= 11 is 0. The van der Waals surface area contributed by atoms with Crippen LogP contribution in [0, 0.1) is 0 Å². The molecule has 2 nitrogen and oxygen atoms in total. The van der Waals surface area contributed by atoms with E-state index in [1.54, 1.807) is 5.57 Å². The van der Waals surface area contributed by atoms with Gasteiger partial charge in [0.05, 0.1) is 0 Å². The summed E-state index contributed by atoms with van der Waals surface area (Å²) in [6.45, 7) is 2.47. The predicted molar refractivity (Wildman–Crippen MR) is 89.7 cm³/mol. The van der Waals surface area contributed by atoms with Crippen LogP contribution in [0.3, 0.4) is 0 Å². The Bertz CT molecular complexity index is 542. The van der Waals surface area contributed by atoms with E-state index >= 15 is 0 Å². The lowest BCUT2D eigenvalue weighted by Crippen LogP contribution is -2.45. The largest absolute Gasteiger partial charge is 0.372 e. The molecule has 0 N–H and O–H groups in total. The van der Waals surface area contributed by atoms with Crippen molar-refractivity contribution >= 4 is 11.3 Å². The highest BCUT2D eigenvalue weighted by Gasteiger charge is 2.31.